The van der Waals surface area contributed by atoms with E-state index in [9.17, 15) is 14.4 Å². The van der Waals surface area contributed by atoms with Gasteiger partial charge in [0.25, 0.3) is 11.8 Å². The van der Waals surface area contributed by atoms with Crippen molar-refractivity contribution in [3.8, 4) is 17.2 Å². The molecule has 0 bridgehead atoms. The molecule has 2 aromatic carbocycles. The number of carbonyl (C=O) groups excluding carboxylic acids is 3. The van der Waals surface area contributed by atoms with Crippen LogP contribution in [-0.2, 0) is 4.79 Å². The van der Waals surface area contributed by atoms with Gasteiger partial charge in [-0.1, -0.05) is 18.2 Å². The topological polar surface area (TPSA) is 115 Å². The van der Waals surface area contributed by atoms with Crippen molar-refractivity contribution in [1.82, 2.24) is 16.0 Å². The van der Waals surface area contributed by atoms with Crippen molar-refractivity contribution in [3.05, 3.63) is 53.6 Å². The lowest BCUT2D eigenvalue weighted by Crippen LogP contribution is -2.40. The molecule has 0 saturated carbocycles. The van der Waals surface area contributed by atoms with Crippen LogP contribution in [0.3, 0.4) is 0 Å². The zero-order valence-electron chi connectivity index (χ0n) is 17.1. The number of amides is 3. The Labute approximate surface area is 174 Å². The van der Waals surface area contributed by atoms with Crippen LogP contribution in [-0.4, -0.2) is 58.7 Å². The summed E-state index contributed by atoms with van der Waals surface area (Å²) in [6.45, 7) is 0.278. The van der Waals surface area contributed by atoms with Crippen molar-refractivity contribution in [2.45, 2.75) is 0 Å². The third-order valence-electron chi connectivity index (χ3n) is 4.11. The minimum Gasteiger partial charge on any atom is -0.493 e. The maximum absolute atomic E-state index is 12.4. The van der Waals surface area contributed by atoms with Crippen LogP contribution in [0.25, 0.3) is 0 Å². The van der Waals surface area contributed by atoms with E-state index in [2.05, 4.69) is 16.0 Å². The van der Waals surface area contributed by atoms with Crippen molar-refractivity contribution < 1.29 is 28.6 Å². The highest BCUT2D eigenvalue weighted by Gasteiger charge is 2.17. The maximum atomic E-state index is 12.4. The molecule has 2 aromatic rings. The average Bonchev–Trinajstić information content (AvgIpc) is 2.79. The van der Waals surface area contributed by atoms with E-state index >= 15 is 0 Å². The van der Waals surface area contributed by atoms with E-state index in [1.807, 2.05) is 6.07 Å². The van der Waals surface area contributed by atoms with Crippen molar-refractivity contribution in [2.75, 3.05) is 41.0 Å². The molecule has 0 fully saturated rings. The summed E-state index contributed by atoms with van der Waals surface area (Å²) >= 11 is 0. The first kappa shape index (κ1) is 22.5. The van der Waals surface area contributed by atoms with Crippen LogP contribution in [0.15, 0.2) is 42.5 Å². The van der Waals surface area contributed by atoms with Crippen LogP contribution in [0, 0.1) is 0 Å². The van der Waals surface area contributed by atoms with Gasteiger partial charge >= 0.3 is 0 Å². The van der Waals surface area contributed by atoms with E-state index in [1.54, 1.807) is 24.3 Å². The molecule has 0 unspecified atom stereocenters. The van der Waals surface area contributed by atoms with Crippen molar-refractivity contribution in [1.29, 1.82) is 0 Å². The number of nitrogens with one attached hydrogen (secondary N) is 3. The molecule has 30 heavy (non-hydrogen) atoms. The van der Waals surface area contributed by atoms with Gasteiger partial charge in [-0.15, -0.1) is 0 Å². The first-order valence-corrected chi connectivity index (χ1v) is 9.18. The number of hydrogen-bond acceptors (Lipinski definition) is 6. The molecule has 0 aliphatic carbocycles. The Morgan fingerprint density at radius 1 is 0.733 bits per heavy atom. The summed E-state index contributed by atoms with van der Waals surface area (Å²) in [4.78, 5) is 36.2. The zero-order chi connectivity index (χ0) is 21.9. The SMILES string of the molecule is COc1cc(C(=O)NCC(=O)NCCNC(=O)c2ccccc2)cc(OC)c1OC. The number of carbonyl (C=O) groups is 3. The van der Waals surface area contributed by atoms with E-state index in [-0.39, 0.29) is 37.0 Å². The first-order chi connectivity index (χ1) is 14.5. The highest BCUT2D eigenvalue weighted by molar-refractivity contribution is 5.97. The molecule has 0 aliphatic rings. The molecule has 0 radical (unpaired) electrons. The summed E-state index contributed by atoms with van der Waals surface area (Å²) in [5.41, 5.74) is 0.800. The number of hydrogen-bond donors (Lipinski definition) is 3. The first-order valence-electron chi connectivity index (χ1n) is 9.18. The van der Waals surface area contributed by atoms with Gasteiger partial charge in [0.2, 0.25) is 11.7 Å². The fourth-order valence-electron chi connectivity index (χ4n) is 2.61. The largest absolute Gasteiger partial charge is 0.493 e. The Kier molecular flexibility index (Phi) is 8.49. The Morgan fingerprint density at radius 2 is 1.30 bits per heavy atom. The van der Waals surface area contributed by atoms with E-state index in [4.69, 9.17) is 14.2 Å². The molecule has 3 N–H and O–H groups in total. The Morgan fingerprint density at radius 3 is 1.87 bits per heavy atom. The lowest BCUT2D eigenvalue weighted by molar-refractivity contribution is -0.120. The lowest BCUT2D eigenvalue weighted by atomic mass is 10.1. The fraction of sp³-hybridized carbons (Fsp3) is 0.286. The van der Waals surface area contributed by atoms with E-state index in [1.165, 1.54) is 33.5 Å². The highest BCUT2D eigenvalue weighted by Crippen LogP contribution is 2.38. The molecule has 0 atom stereocenters. The number of rotatable bonds is 10. The normalized spacial score (nSPS) is 9.97. The van der Waals surface area contributed by atoms with Gasteiger partial charge in [0, 0.05) is 24.2 Å². The maximum Gasteiger partial charge on any atom is 0.251 e. The fourth-order valence-corrected chi connectivity index (χ4v) is 2.61. The van der Waals surface area contributed by atoms with Crippen LogP contribution in [0.5, 0.6) is 17.2 Å². The number of benzene rings is 2. The van der Waals surface area contributed by atoms with Crippen molar-refractivity contribution in [3.63, 3.8) is 0 Å². The molecular weight excluding hydrogens is 390 g/mol. The quantitative estimate of drug-likeness (QED) is 0.499. The summed E-state index contributed by atoms with van der Waals surface area (Å²) in [6.07, 6.45) is 0. The summed E-state index contributed by atoms with van der Waals surface area (Å²) < 4.78 is 15.6. The second kappa shape index (κ2) is 11.3. The molecule has 9 heteroatoms. The number of ether oxygens (including phenoxy) is 3. The summed E-state index contributed by atoms with van der Waals surface area (Å²) in [7, 11) is 4.36. The lowest BCUT2D eigenvalue weighted by Gasteiger charge is -2.14. The van der Waals surface area contributed by atoms with Gasteiger partial charge in [0.15, 0.2) is 11.5 Å². The minimum absolute atomic E-state index is 0.220. The minimum atomic E-state index is -0.471. The van der Waals surface area contributed by atoms with Crippen molar-refractivity contribution >= 4 is 17.7 Å². The average molecular weight is 415 g/mol. The van der Waals surface area contributed by atoms with Crippen LogP contribution in [0.4, 0.5) is 0 Å². The van der Waals surface area contributed by atoms with Crippen LogP contribution >= 0.6 is 0 Å². The molecule has 0 aliphatic heterocycles. The zero-order valence-corrected chi connectivity index (χ0v) is 17.1. The van der Waals surface area contributed by atoms with Gasteiger partial charge in [0.05, 0.1) is 27.9 Å². The highest BCUT2D eigenvalue weighted by atomic mass is 16.5. The van der Waals surface area contributed by atoms with E-state index < -0.39 is 5.91 Å². The van der Waals surface area contributed by atoms with E-state index in [0.29, 0.717) is 22.8 Å². The Bertz CT molecular complexity index is 861. The third-order valence-corrected chi connectivity index (χ3v) is 4.11. The van der Waals surface area contributed by atoms with Gasteiger partial charge in [-0.05, 0) is 24.3 Å². The molecule has 0 saturated heterocycles. The monoisotopic (exact) mass is 415 g/mol. The summed E-state index contributed by atoms with van der Waals surface area (Å²) in [5.74, 6) is -0.0415. The van der Waals surface area contributed by atoms with Gasteiger partial charge < -0.3 is 30.2 Å². The Hall–Kier alpha value is -3.75. The smallest absolute Gasteiger partial charge is 0.251 e. The second-order valence-corrected chi connectivity index (χ2v) is 6.07. The van der Waals surface area contributed by atoms with E-state index in [0.717, 1.165) is 0 Å². The standard InChI is InChI=1S/C21H25N3O6/c1-28-16-11-15(12-17(29-2)19(16)30-3)21(27)24-13-18(25)22-9-10-23-20(26)14-7-5-4-6-8-14/h4-8,11-12H,9-10,13H2,1-3H3,(H,22,25)(H,23,26)(H,24,27). The predicted octanol–water partition coefficient (Wildman–Crippen LogP) is 0.988. The molecule has 0 heterocycles. The Balaban J connectivity index is 1.79. The van der Waals surface area contributed by atoms with Gasteiger partial charge in [-0.3, -0.25) is 14.4 Å². The molecule has 9 nitrogen and oxygen atoms in total. The summed E-state index contributed by atoms with van der Waals surface area (Å²) in [5, 5.41) is 7.85. The molecule has 0 spiro atoms. The summed E-state index contributed by atoms with van der Waals surface area (Å²) in [6, 6.07) is 11.8. The van der Waals surface area contributed by atoms with Crippen LogP contribution in [0.2, 0.25) is 0 Å². The second-order valence-electron chi connectivity index (χ2n) is 6.07. The van der Waals surface area contributed by atoms with Gasteiger partial charge in [-0.2, -0.15) is 0 Å². The molecule has 0 aromatic heterocycles. The van der Waals surface area contributed by atoms with Crippen LogP contribution < -0.4 is 30.2 Å². The van der Waals surface area contributed by atoms with Crippen molar-refractivity contribution in [2.24, 2.45) is 0 Å². The van der Waals surface area contributed by atoms with Gasteiger partial charge in [0.1, 0.15) is 0 Å². The number of methoxy groups -OCH3 is 3. The van der Waals surface area contributed by atoms with Gasteiger partial charge in [-0.25, -0.2) is 0 Å². The molecule has 160 valence electrons. The predicted molar refractivity (Wildman–Crippen MR) is 110 cm³/mol. The van der Waals surface area contributed by atoms with Crippen LogP contribution in [0.1, 0.15) is 20.7 Å². The molecule has 3 amide bonds. The molecular formula is C21H25N3O6. The molecule has 2 rings (SSSR count). The third kappa shape index (κ3) is 6.13.